The summed E-state index contributed by atoms with van der Waals surface area (Å²) in [5, 5.41) is 0. The standard InChI is InChI=1S/C11H22O/c1-5-7-10(3)11(4,9-12)8-6-2/h9-10H,5-8H2,1-4H3. The Labute approximate surface area is 76.6 Å². The van der Waals surface area contributed by atoms with Gasteiger partial charge in [-0.15, -0.1) is 0 Å². The van der Waals surface area contributed by atoms with Crippen molar-refractivity contribution in [1.82, 2.24) is 0 Å². The zero-order chi connectivity index (χ0) is 9.61. The average molecular weight is 170 g/mol. The molecule has 0 aromatic rings. The van der Waals surface area contributed by atoms with Crippen LogP contribution in [0.1, 0.15) is 53.4 Å². The van der Waals surface area contributed by atoms with Crippen LogP contribution in [-0.2, 0) is 4.79 Å². The number of aldehydes is 1. The third-order valence-electron chi connectivity index (χ3n) is 2.91. The number of rotatable bonds is 6. The summed E-state index contributed by atoms with van der Waals surface area (Å²) >= 11 is 0. The van der Waals surface area contributed by atoms with Gasteiger partial charge in [0.05, 0.1) is 0 Å². The molecule has 1 nitrogen and oxygen atoms in total. The molecular formula is C11H22O. The van der Waals surface area contributed by atoms with Crippen molar-refractivity contribution in [2.75, 3.05) is 0 Å². The van der Waals surface area contributed by atoms with Gasteiger partial charge in [0.15, 0.2) is 0 Å². The lowest BCUT2D eigenvalue weighted by molar-refractivity contribution is -0.118. The Bertz CT molecular complexity index is 131. The molecule has 0 aromatic heterocycles. The maximum absolute atomic E-state index is 10.9. The molecule has 0 fully saturated rings. The Morgan fingerprint density at radius 3 is 2.25 bits per heavy atom. The molecule has 0 saturated heterocycles. The van der Waals surface area contributed by atoms with Gasteiger partial charge in [0.1, 0.15) is 6.29 Å². The minimum absolute atomic E-state index is 0.0786. The zero-order valence-corrected chi connectivity index (χ0v) is 8.89. The maximum Gasteiger partial charge on any atom is 0.126 e. The number of carbonyl (C=O) groups excluding carboxylic acids is 1. The Morgan fingerprint density at radius 1 is 1.33 bits per heavy atom. The lowest BCUT2D eigenvalue weighted by Crippen LogP contribution is -2.26. The summed E-state index contributed by atoms with van der Waals surface area (Å²) in [5.41, 5.74) is -0.0786. The van der Waals surface area contributed by atoms with Crippen LogP contribution in [-0.4, -0.2) is 6.29 Å². The molecule has 0 rings (SSSR count). The summed E-state index contributed by atoms with van der Waals surface area (Å²) in [5.74, 6) is 0.528. The van der Waals surface area contributed by atoms with Crippen LogP contribution in [0.2, 0.25) is 0 Å². The molecule has 0 aliphatic carbocycles. The van der Waals surface area contributed by atoms with Crippen molar-refractivity contribution in [3.05, 3.63) is 0 Å². The largest absolute Gasteiger partial charge is 0.303 e. The average Bonchev–Trinajstić information content (AvgIpc) is 2.05. The molecule has 0 saturated carbocycles. The molecule has 0 amide bonds. The number of hydrogen-bond donors (Lipinski definition) is 0. The maximum atomic E-state index is 10.9. The molecule has 0 spiro atoms. The van der Waals surface area contributed by atoms with Crippen molar-refractivity contribution in [1.29, 1.82) is 0 Å². The van der Waals surface area contributed by atoms with Crippen LogP contribution >= 0.6 is 0 Å². The molecule has 1 heteroatoms. The Balaban J connectivity index is 4.17. The van der Waals surface area contributed by atoms with Crippen LogP contribution in [0.3, 0.4) is 0 Å². The number of carbonyl (C=O) groups is 1. The van der Waals surface area contributed by atoms with Crippen LogP contribution in [0.5, 0.6) is 0 Å². The molecule has 0 aliphatic rings. The highest BCUT2D eigenvalue weighted by molar-refractivity contribution is 5.59. The first-order chi connectivity index (χ1) is 5.60. The third kappa shape index (κ3) is 2.96. The molecule has 0 N–H and O–H groups in total. The van der Waals surface area contributed by atoms with Crippen molar-refractivity contribution in [3.8, 4) is 0 Å². The van der Waals surface area contributed by atoms with Crippen molar-refractivity contribution < 1.29 is 4.79 Å². The SMILES string of the molecule is CCCC(C)C(C)(C=O)CCC. The second-order valence-electron chi connectivity index (χ2n) is 4.06. The molecular weight excluding hydrogens is 148 g/mol. The summed E-state index contributed by atoms with van der Waals surface area (Å²) in [7, 11) is 0. The minimum Gasteiger partial charge on any atom is -0.303 e. The molecule has 0 aromatic carbocycles. The van der Waals surface area contributed by atoms with Gasteiger partial charge in [0, 0.05) is 5.41 Å². The Kier molecular flexibility index (Phi) is 5.19. The quantitative estimate of drug-likeness (QED) is 0.558. The molecule has 2 atom stereocenters. The fourth-order valence-electron chi connectivity index (χ4n) is 1.72. The predicted molar refractivity (Wildman–Crippen MR) is 53.2 cm³/mol. The van der Waals surface area contributed by atoms with Crippen LogP contribution in [0, 0.1) is 11.3 Å². The second kappa shape index (κ2) is 5.34. The van der Waals surface area contributed by atoms with Gasteiger partial charge in [-0.05, 0) is 12.3 Å². The monoisotopic (exact) mass is 170 g/mol. The van der Waals surface area contributed by atoms with Gasteiger partial charge in [-0.1, -0.05) is 47.0 Å². The van der Waals surface area contributed by atoms with Crippen molar-refractivity contribution >= 4 is 6.29 Å². The van der Waals surface area contributed by atoms with Crippen LogP contribution in [0.25, 0.3) is 0 Å². The summed E-state index contributed by atoms with van der Waals surface area (Å²) in [6.07, 6.45) is 5.61. The summed E-state index contributed by atoms with van der Waals surface area (Å²) in [4.78, 5) is 10.9. The van der Waals surface area contributed by atoms with E-state index < -0.39 is 0 Å². The van der Waals surface area contributed by atoms with Gasteiger partial charge in [0.2, 0.25) is 0 Å². The summed E-state index contributed by atoms with van der Waals surface area (Å²) in [6.45, 7) is 8.59. The molecule has 72 valence electrons. The van der Waals surface area contributed by atoms with Gasteiger partial charge >= 0.3 is 0 Å². The zero-order valence-electron chi connectivity index (χ0n) is 8.89. The van der Waals surface area contributed by atoms with Gasteiger partial charge in [-0.3, -0.25) is 0 Å². The van der Waals surface area contributed by atoms with E-state index in [1.807, 2.05) is 0 Å². The first-order valence-electron chi connectivity index (χ1n) is 5.07. The highest BCUT2D eigenvalue weighted by Crippen LogP contribution is 2.32. The highest BCUT2D eigenvalue weighted by Gasteiger charge is 2.28. The number of hydrogen-bond acceptors (Lipinski definition) is 1. The van der Waals surface area contributed by atoms with Gasteiger partial charge < -0.3 is 4.79 Å². The lowest BCUT2D eigenvalue weighted by Gasteiger charge is -2.29. The van der Waals surface area contributed by atoms with E-state index in [9.17, 15) is 4.79 Å². The van der Waals surface area contributed by atoms with E-state index >= 15 is 0 Å². The fraction of sp³-hybridized carbons (Fsp3) is 0.909. The lowest BCUT2D eigenvalue weighted by atomic mass is 9.74. The first kappa shape index (κ1) is 11.7. The van der Waals surface area contributed by atoms with Crippen LogP contribution < -0.4 is 0 Å². The molecule has 12 heavy (non-hydrogen) atoms. The Hall–Kier alpha value is -0.330. The Morgan fingerprint density at radius 2 is 1.92 bits per heavy atom. The van der Waals surface area contributed by atoms with E-state index in [0.29, 0.717) is 5.92 Å². The minimum atomic E-state index is -0.0786. The smallest absolute Gasteiger partial charge is 0.126 e. The second-order valence-corrected chi connectivity index (χ2v) is 4.06. The van der Waals surface area contributed by atoms with E-state index in [2.05, 4.69) is 27.7 Å². The summed E-state index contributed by atoms with van der Waals surface area (Å²) in [6, 6.07) is 0. The van der Waals surface area contributed by atoms with Gasteiger partial charge in [-0.25, -0.2) is 0 Å². The van der Waals surface area contributed by atoms with E-state index in [4.69, 9.17) is 0 Å². The van der Waals surface area contributed by atoms with E-state index in [1.165, 1.54) is 6.42 Å². The van der Waals surface area contributed by atoms with Crippen molar-refractivity contribution in [2.45, 2.75) is 53.4 Å². The molecule has 0 radical (unpaired) electrons. The molecule has 0 aliphatic heterocycles. The molecule has 0 heterocycles. The van der Waals surface area contributed by atoms with E-state index in [0.717, 1.165) is 25.5 Å². The summed E-state index contributed by atoms with van der Waals surface area (Å²) < 4.78 is 0. The normalized spacial score (nSPS) is 18.3. The first-order valence-corrected chi connectivity index (χ1v) is 5.07. The van der Waals surface area contributed by atoms with Crippen molar-refractivity contribution in [3.63, 3.8) is 0 Å². The highest BCUT2D eigenvalue weighted by atomic mass is 16.1. The molecule has 2 unspecified atom stereocenters. The predicted octanol–water partition coefficient (Wildman–Crippen LogP) is 3.43. The third-order valence-corrected chi connectivity index (χ3v) is 2.91. The molecule has 0 bridgehead atoms. The van der Waals surface area contributed by atoms with Gasteiger partial charge in [-0.2, -0.15) is 0 Å². The van der Waals surface area contributed by atoms with Crippen LogP contribution in [0.4, 0.5) is 0 Å². The fourth-order valence-corrected chi connectivity index (χ4v) is 1.72. The van der Waals surface area contributed by atoms with Crippen molar-refractivity contribution in [2.24, 2.45) is 11.3 Å². The van der Waals surface area contributed by atoms with Gasteiger partial charge in [0.25, 0.3) is 0 Å². The van der Waals surface area contributed by atoms with E-state index in [-0.39, 0.29) is 5.41 Å². The van der Waals surface area contributed by atoms with Crippen LogP contribution in [0.15, 0.2) is 0 Å². The topological polar surface area (TPSA) is 17.1 Å². The van der Waals surface area contributed by atoms with E-state index in [1.54, 1.807) is 0 Å².